The normalized spacial score (nSPS) is 16.0. The van der Waals surface area contributed by atoms with Crippen molar-refractivity contribution in [3.05, 3.63) is 34.9 Å². The van der Waals surface area contributed by atoms with Crippen molar-refractivity contribution >= 4 is 0 Å². The van der Waals surface area contributed by atoms with Gasteiger partial charge in [0.15, 0.2) is 0 Å². The topological polar surface area (TPSA) is 12.0 Å². The maximum absolute atomic E-state index is 3.65. The Morgan fingerprint density at radius 2 is 1.89 bits per heavy atom. The maximum Gasteiger partial charge on any atom is 0.00684 e. The molecule has 0 amide bonds. The Labute approximate surface area is 112 Å². The van der Waals surface area contributed by atoms with E-state index >= 15 is 0 Å². The highest BCUT2D eigenvalue weighted by molar-refractivity contribution is 5.30. The fraction of sp³-hybridized carbons (Fsp3) is 0.647. The second kappa shape index (κ2) is 5.44. The zero-order valence-corrected chi connectivity index (χ0v) is 12.3. The molecule has 1 fully saturated rings. The lowest BCUT2D eigenvalue weighted by Gasteiger charge is -2.25. The van der Waals surface area contributed by atoms with Crippen molar-refractivity contribution in [1.29, 1.82) is 0 Å². The molecule has 0 atom stereocenters. The van der Waals surface area contributed by atoms with Crippen molar-refractivity contribution in [3.63, 3.8) is 0 Å². The third-order valence-electron chi connectivity index (χ3n) is 4.11. The third kappa shape index (κ3) is 4.13. The molecule has 1 N–H and O–H groups in total. The Morgan fingerprint density at radius 1 is 1.17 bits per heavy atom. The Bertz CT molecular complexity index is 402. The van der Waals surface area contributed by atoms with Gasteiger partial charge in [0.05, 0.1) is 0 Å². The van der Waals surface area contributed by atoms with Crippen molar-refractivity contribution in [2.45, 2.75) is 59.4 Å². The van der Waals surface area contributed by atoms with Crippen LogP contribution in [0.5, 0.6) is 0 Å². The van der Waals surface area contributed by atoms with E-state index in [1.807, 2.05) is 0 Å². The highest BCUT2D eigenvalue weighted by atomic mass is 15.0. The third-order valence-corrected chi connectivity index (χ3v) is 4.11. The number of hydrogen-bond acceptors (Lipinski definition) is 1. The molecule has 1 nitrogen and oxygen atoms in total. The number of benzene rings is 1. The van der Waals surface area contributed by atoms with Gasteiger partial charge in [-0.2, -0.15) is 0 Å². The van der Waals surface area contributed by atoms with E-state index in [9.17, 15) is 0 Å². The first-order valence-corrected chi connectivity index (χ1v) is 7.26. The average Bonchev–Trinajstić information content (AvgIpc) is 3.12. The molecular weight excluding hydrogens is 218 g/mol. The van der Waals surface area contributed by atoms with Gasteiger partial charge in [-0.1, -0.05) is 32.0 Å². The molecule has 0 heterocycles. The minimum Gasteiger partial charge on any atom is -0.313 e. The monoisotopic (exact) mass is 245 g/mol. The van der Waals surface area contributed by atoms with E-state index in [0.29, 0.717) is 5.41 Å². The average molecular weight is 245 g/mol. The van der Waals surface area contributed by atoms with Crippen LogP contribution in [0.15, 0.2) is 18.2 Å². The first kappa shape index (κ1) is 13.6. The zero-order valence-electron chi connectivity index (χ0n) is 12.3. The van der Waals surface area contributed by atoms with E-state index in [1.165, 1.54) is 42.4 Å². The van der Waals surface area contributed by atoms with Crippen LogP contribution in [-0.4, -0.2) is 12.6 Å². The second-order valence-corrected chi connectivity index (χ2v) is 6.74. The number of hydrogen-bond donors (Lipinski definition) is 1. The molecule has 1 heteroatoms. The van der Waals surface area contributed by atoms with Crippen LogP contribution < -0.4 is 5.32 Å². The molecule has 1 aromatic rings. The summed E-state index contributed by atoms with van der Waals surface area (Å²) in [6.07, 6.45) is 5.22. The summed E-state index contributed by atoms with van der Waals surface area (Å²) in [6.45, 7) is 10.3. The van der Waals surface area contributed by atoms with E-state index in [0.717, 1.165) is 12.6 Å². The van der Waals surface area contributed by atoms with E-state index in [-0.39, 0.29) is 0 Å². The standard InChI is InChI=1S/C17H27N/c1-13-5-6-15(11-14(13)2)9-10-17(3,4)12-18-16-7-8-16/h5-6,11,16,18H,7-10,12H2,1-4H3. The summed E-state index contributed by atoms with van der Waals surface area (Å²) in [7, 11) is 0. The highest BCUT2D eigenvalue weighted by Gasteiger charge is 2.24. The van der Waals surface area contributed by atoms with Gasteiger partial charge >= 0.3 is 0 Å². The molecule has 18 heavy (non-hydrogen) atoms. The van der Waals surface area contributed by atoms with Gasteiger partial charge in [-0.05, 0) is 61.6 Å². The molecule has 2 rings (SSSR count). The van der Waals surface area contributed by atoms with Crippen LogP contribution in [0, 0.1) is 19.3 Å². The zero-order chi connectivity index (χ0) is 13.2. The summed E-state index contributed by atoms with van der Waals surface area (Å²) in [6, 6.07) is 7.71. The van der Waals surface area contributed by atoms with Gasteiger partial charge in [-0.25, -0.2) is 0 Å². The van der Waals surface area contributed by atoms with Crippen molar-refractivity contribution in [2.75, 3.05) is 6.54 Å². The van der Waals surface area contributed by atoms with Crippen molar-refractivity contribution in [1.82, 2.24) is 5.32 Å². The quantitative estimate of drug-likeness (QED) is 0.798. The van der Waals surface area contributed by atoms with Gasteiger partial charge in [-0.15, -0.1) is 0 Å². The fourth-order valence-electron chi connectivity index (χ4n) is 2.24. The maximum atomic E-state index is 3.65. The number of nitrogens with one attached hydrogen (secondary N) is 1. The largest absolute Gasteiger partial charge is 0.313 e. The van der Waals surface area contributed by atoms with Gasteiger partial charge in [0.25, 0.3) is 0 Å². The second-order valence-electron chi connectivity index (χ2n) is 6.74. The molecule has 0 radical (unpaired) electrons. The molecule has 0 spiro atoms. The Morgan fingerprint density at radius 3 is 2.50 bits per heavy atom. The molecule has 0 aromatic heterocycles. The molecule has 1 aliphatic carbocycles. The van der Waals surface area contributed by atoms with Crippen LogP contribution in [-0.2, 0) is 6.42 Å². The predicted molar refractivity (Wildman–Crippen MR) is 79.0 cm³/mol. The van der Waals surface area contributed by atoms with Crippen LogP contribution in [0.1, 0.15) is 49.8 Å². The molecule has 1 aromatic carbocycles. The van der Waals surface area contributed by atoms with E-state index in [1.54, 1.807) is 0 Å². The predicted octanol–water partition coefficient (Wildman–Crippen LogP) is 4.01. The number of rotatable bonds is 6. The molecular formula is C17H27N. The van der Waals surface area contributed by atoms with Crippen molar-refractivity contribution in [3.8, 4) is 0 Å². The molecule has 0 aliphatic heterocycles. The molecule has 0 unspecified atom stereocenters. The summed E-state index contributed by atoms with van der Waals surface area (Å²) in [5.74, 6) is 0. The Kier molecular flexibility index (Phi) is 4.11. The molecule has 0 saturated heterocycles. The SMILES string of the molecule is Cc1ccc(CCC(C)(C)CNC2CC2)cc1C. The molecule has 1 aliphatic rings. The summed E-state index contributed by atoms with van der Waals surface area (Å²) >= 11 is 0. The Hall–Kier alpha value is -0.820. The van der Waals surface area contributed by atoms with Crippen LogP contribution >= 0.6 is 0 Å². The minimum absolute atomic E-state index is 0.404. The van der Waals surface area contributed by atoms with Gasteiger partial charge in [-0.3, -0.25) is 0 Å². The van der Waals surface area contributed by atoms with Gasteiger partial charge in [0.2, 0.25) is 0 Å². The first-order chi connectivity index (χ1) is 8.46. The summed E-state index contributed by atoms with van der Waals surface area (Å²) in [5, 5.41) is 3.65. The van der Waals surface area contributed by atoms with E-state index in [2.05, 4.69) is 51.2 Å². The molecule has 1 saturated carbocycles. The Balaban J connectivity index is 1.82. The van der Waals surface area contributed by atoms with E-state index < -0.39 is 0 Å². The number of aryl methyl sites for hydroxylation is 3. The lowest BCUT2D eigenvalue weighted by atomic mass is 9.85. The minimum atomic E-state index is 0.404. The summed E-state index contributed by atoms with van der Waals surface area (Å²) in [4.78, 5) is 0. The summed E-state index contributed by atoms with van der Waals surface area (Å²) < 4.78 is 0. The van der Waals surface area contributed by atoms with Crippen molar-refractivity contribution in [2.24, 2.45) is 5.41 Å². The highest BCUT2D eigenvalue weighted by Crippen LogP contribution is 2.25. The smallest absolute Gasteiger partial charge is 0.00684 e. The van der Waals surface area contributed by atoms with Gasteiger partial charge in [0.1, 0.15) is 0 Å². The lowest BCUT2D eigenvalue weighted by Crippen LogP contribution is -2.31. The fourth-order valence-corrected chi connectivity index (χ4v) is 2.24. The lowest BCUT2D eigenvalue weighted by molar-refractivity contribution is 0.313. The van der Waals surface area contributed by atoms with Gasteiger partial charge < -0.3 is 5.32 Å². The first-order valence-electron chi connectivity index (χ1n) is 7.26. The van der Waals surface area contributed by atoms with Crippen LogP contribution in [0.3, 0.4) is 0 Å². The van der Waals surface area contributed by atoms with E-state index in [4.69, 9.17) is 0 Å². The van der Waals surface area contributed by atoms with Crippen molar-refractivity contribution < 1.29 is 0 Å². The van der Waals surface area contributed by atoms with Gasteiger partial charge in [0, 0.05) is 12.6 Å². The molecule has 100 valence electrons. The van der Waals surface area contributed by atoms with Crippen LogP contribution in [0.2, 0.25) is 0 Å². The van der Waals surface area contributed by atoms with Crippen LogP contribution in [0.25, 0.3) is 0 Å². The van der Waals surface area contributed by atoms with Crippen LogP contribution in [0.4, 0.5) is 0 Å². The molecule has 0 bridgehead atoms. The summed E-state index contributed by atoms with van der Waals surface area (Å²) in [5.41, 5.74) is 4.70.